The van der Waals surface area contributed by atoms with Crippen molar-refractivity contribution in [1.29, 1.82) is 0 Å². The van der Waals surface area contributed by atoms with E-state index in [4.69, 9.17) is 5.11 Å². The predicted molar refractivity (Wildman–Crippen MR) is 37.7 cm³/mol. The van der Waals surface area contributed by atoms with E-state index in [2.05, 4.69) is 4.72 Å². The van der Waals surface area contributed by atoms with E-state index in [1.807, 2.05) is 4.72 Å². The fraction of sp³-hybridized carbons (Fsp3) is 1.00. The Morgan fingerprint density at radius 2 is 2.10 bits per heavy atom. The van der Waals surface area contributed by atoms with E-state index in [9.17, 15) is 8.42 Å². The summed E-state index contributed by atoms with van der Waals surface area (Å²) < 4.78 is 25.3. The Morgan fingerprint density at radius 1 is 1.60 bits per heavy atom. The van der Waals surface area contributed by atoms with Crippen LogP contribution < -0.4 is 9.44 Å². The monoisotopic (exact) mass is 168 g/mol. The van der Waals surface area contributed by atoms with Gasteiger partial charge in [0.2, 0.25) is 0 Å². The lowest BCUT2D eigenvalue weighted by Crippen LogP contribution is -2.37. The van der Waals surface area contributed by atoms with Crippen LogP contribution in [0.3, 0.4) is 0 Å². The average molecular weight is 168 g/mol. The summed E-state index contributed by atoms with van der Waals surface area (Å²) in [7, 11) is -2.08. The molecule has 0 aromatic carbocycles. The second kappa shape index (κ2) is 3.87. The van der Waals surface area contributed by atoms with Crippen molar-refractivity contribution in [2.45, 2.75) is 13.0 Å². The zero-order chi connectivity index (χ0) is 8.20. The van der Waals surface area contributed by atoms with Crippen molar-refractivity contribution in [2.75, 3.05) is 13.6 Å². The largest absolute Gasteiger partial charge is 0.392 e. The standard InChI is InChI=1S/C4H12N2O3S/c1-4(7)3-6-10(8,9)5-2/h4-7H,3H2,1-2H3. The Labute approximate surface area is 60.6 Å². The third-order valence-corrected chi connectivity index (χ3v) is 1.92. The highest BCUT2D eigenvalue weighted by molar-refractivity contribution is 7.87. The maximum Gasteiger partial charge on any atom is 0.276 e. The van der Waals surface area contributed by atoms with Crippen LogP contribution in [-0.4, -0.2) is 33.2 Å². The fourth-order valence-corrected chi connectivity index (χ4v) is 0.907. The summed E-state index contributed by atoms with van der Waals surface area (Å²) in [5.74, 6) is 0. The van der Waals surface area contributed by atoms with Gasteiger partial charge in [-0.05, 0) is 6.92 Å². The van der Waals surface area contributed by atoms with Crippen LogP contribution >= 0.6 is 0 Å². The molecule has 0 amide bonds. The van der Waals surface area contributed by atoms with Crippen molar-refractivity contribution in [3.8, 4) is 0 Å². The number of nitrogens with one attached hydrogen (secondary N) is 2. The van der Waals surface area contributed by atoms with Crippen molar-refractivity contribution < 1.29 is 13.5 Å². The molecule has 62 valence electrons. The van der Waals surface area contributed by atoms with Gasteiger partial charge in [-0.3, -0.25) is 0 Å². The summed E-state index contributed by atoms with van der Waals surface area (Å²) in [6.07, 6.45) is -0.664. The van der Waals surface area contributed by atoms with Crippen molar-refractivity contribution in [1.82, 2.24) is 9.44 Å². The molecule has 0 spiro atoms. The molecule has 0 aliphatic heterocycles. The highest BCUT2D eigenvalue weighted by atomic mass is 32.2. The maximum atomic E-state index is 10.6. The number of rotatable bonds is 4. The van der Waals surface area contributed by atoms with Crippen LogP contribution in [0, 0.1) is 0 Å². The molecule has 0 rings (SSSR count). The van der Waals surface area contributed by atoms with Gasteiger partial charge in [-0.25, -0.2) is 4.72 Å². The minimum absolute atomic E-state index is 0.0309. The molecule has 0 saturated heterocycles. The second-order valence-electron chi connectivity index (χ2n) is 1.91. The molecular formula is C4H12N2O3S. The fourth-order valence-electron chi connectivity index (χ4n) is 0.302. The Hall–Kier alpha value is -0.170. The molecule has 0 radical (unpaired) electrons. The molecule has 0 aromatic heterocycles. The molecular weight excluding hydrogens is 156 g/mol. The van der Waals surface area contributed by atoms with Gasteiger partial charge < -0.3 is 5.11 Å². The Kier molecular flexibility index (Phi) is 3.80. The lowest BCUT2D eigenvalue weighted by molar-refractivity contribution is 0.198. The SMILES string of the molecule is CNS(=O)(=O)NCC(C)O. The highest BCUT2D eigenvalue weighted by Crippen LogP contribution is 1.77. The molecule has 0 heterocycles. The number of aliphatic hydroxyl groups is 1. The molecule has 5 nitrogen and oxygen atoms in total. The molecule has 0 fully saturated rings. The van der Waals surface area contributed by atoms with Gasteiger partial charge in [0.15, 0.2) is 0 Å². The van der Waals surface area contributed by atoms with Gasteiger partial charge >= 0.3 is 0 Å². The van der Waals surface area contributed by atoms with Crippen molar-refractivity contribution in [3.63, 3.8) is 0 Å². The number of aliphatic hydroxyl groups excluding tert-OH is 1. The predicted octanol–water partition coefficient (Wildman–Crippen LogP) is -1.58. The first kappa shape index (κ1) is 9.83. The van der Waals surface area contributed by atoms with Gasteiger partial charge in [0, 0.05) is 13.6 Å². The Balaban J connectivity index is 3.70. The second-order valence-corrected chi connectivity index (χ2v) is 3.61. The first-order valence-corrected chi connectivity index (χ1v) is 4.32. The summed E-state index contributed by atoms with van der Waals surface area (Å²) in [6, 6.07) is 0. The van der Waals surface area contributed by atoms with Crippen molar-refractivity contribution in [3.05, 3.63) is 0 Å². The third kappa shape index (κ3) is 4.68. The lowest BCUT2D eigenvalue weighted by Gasteiger charge is -2.05. The molecule has 0 aromatic rings. The zero-order valence-electron chi connectivity index (χ0n) is 5.96. The van der Waals surface area contributed by atoms with E-state index < -0.39 is 16.3 Å². The average Bonchev–Trinajstić information content (AvgIpc) is 1.85. The van der Waals surface area contributed by atoms with Crippen molar-refractivity contribution in [2.24, 2.45) is 0 Å². The summed E-state index contributed by atoms with van der Waals surface area (Å²) >= 11 is 0. The highest BCUT2D eigenvalue weighted by Gasteiger charge is 2.05. The minimum Gasteiger partial charge on any atom is -0.392 e. The van der Waals surface area contributed by atoms with Gasteiger partial charge in [0.05, 0.1) is 6.10 Å². The minimum atomic E-state index is -3.37. The van der Waals surface area contributed by atoms with Gasteiger partial charge in [0.1, 0.15) is 0 Å². The van der Waals surface area contributed by atoms with E-state index in [0.29, 0.717) is 0 Å². The van der Waals surface area contributed by atoms with E-state index in [1.54, 1.807) is 0 Å². The van der Waals surface area contributed by atoms with Crippen molar-refractivity contribution >= 4 is 10.2 Å². The summed E-state index contributed by atoms with van der Waals surface area (Å²) in [5, 5.41) is 8.66. The third-order valence-electron chi connectivity index (χ3n) is 0.837. The molecule has 1 atom stereocenters. The summed E-state index contributed by atoms with van der Waals surface area (Å²) in [4.78, 5) is 0. The first-order chi connectivity index (χ1) is 4.48. The van der Waals surface area contributed by atoms with Crippen LogP contribution in [0.25, 0.3) is 0 Å². The van der Waals surface area contributed by atoms with Crippen LogP contribution in [0.15, 0.2) is 0 Å². The van der Waals surface area contributed by atoms with E-state index in [1.165, 1.54) is 14.0 Å². The van der Waals surface area contributed by atoms with Crippen LogP contribution in [-0.2, 0) is 10.2 Å². The van der Waals surface area contributed by atoms with Gasteiger partial charge in [-0.2, -0.15) is 13.1 Å². The van der Waals surface area contributed by atoms with E-state index in [0.717, 1.165) is 0 Å². The Bertz CT molecular complexity index is 175. The maximum absolute atomic E-state index is 10.6. The summed E-state index contributed by atoms with van der Waals surface area (Å²) in [5.41, 5.74) is 0. The first-order valence-electron chi connectivity index (χ1n) is 2.84. The number of hydrogen-bond acceptors (Lipinski definition) is 3. The zero-order valence-corrected chi connectivity index (χ0v) is 6.77. The Morgan fingerprint density at radius 3 is 2.40 bits per heavy atom. The van der Waals surface area contributed by atoms with Gasteiger partial charge in [0.25, 0.3) is 10.2 Å². The summed E-state index contributed by atoms with van der Waals surface area (Å²) in [6.45, 7) is 1.53. The molecule has 10 heavy (non-hydrogen) atoms. The molecule has 0 saturated carbocycles. The lowest BCUT2D eigenvalue weighted by atomic mass is 10.4. The molecule has 3 N–H and O–H groups in total. The van der Waals surface area contributed by atoms with Crippen LogP contribution in [0.1, 0.15) is 6.92 Å². The number of hydrogen-bond donors (Lipinski definition) is 3. The smallest absolute Gasteiger partial charge is 0.276 e. The normalized spacial score (nSPS) is 15.1. The van der Waals surface area contributed by atoms with E-state index >= 15 is 0 Å². The van der Waals surface area contributed by atoms with Crippen LogP contribution in [0.4, 0.5) is 0 Å². The topological polar surface area (TPSA) is 78.4 Å². The molecule has 0 aliphatic rings. The van der Waals surface area contributed by atoms with E-state index in [-0.39, 0.29) is 6.54 Å². The van der Waals surface area contributed by atoms with Gasteiger partial charge in [-0.15, -0.1) is 0 Å². The molecule has 6 heteroatoms. The van der Waals surface area contributed by atoms with Crippen LogP contribution in [0.2, 0.25) is 0 Å². The molecule has 1 unspecified atom stereocenters. The van der Waals surface area contributed by atoms with Crippen LogP contribution in [0.5, 0.6) is 0 Å². The quantitative estimate of drug-likeness (QED) is 0.474. The van der Waals surface area contributed by atoms with Gasteiger partial charge in [-0.1, -0.05) is 0 Å². The molecule has 0 bridgehead atoms. The molecule has 0 aliphatic carbocycles.